The quantitative estimate of drug-likeness (QED) is 0.750. The highest BCUT2D eigenvalue weighted by atomic mass is 32.1. The van der Waals surface area contributed by atoms with E-state index < -0.39 is 0 Å². The van der Waals surface area contributed by atoms with Crippen LogP contribution < -0.4 is 10.2 Å². The van der Waals surface area contributed by atoms with Crippen LogP contribution in [0.2, 0.25) is 0 Å². The van der Waals surface area contributed by atoms with Crippen molar-refractivity contribution in [1.29, 1.82) is 0 Å². The van der Waals surface area contributed by atoms with Gasteiger partial charge in [0, 0.05) is 17.8 Å². The Morgan fingerprint density at radius 1 is 1.23 bits per heavy atom. The van der Waals surface area contributed by atoms with Crippen molar-refractivity contribution in [3.05, 3.63) is 76.4 Å². The van der Waals surface area contributed by atoms with Gasteiger partial charge in [0.05, 0.1) is 10.2 Å². The van der Waals surface area contributed by atoms with Crippen LogP contribution in [0.1, 0.15) is 10.4 Å². The number of nitrogens with zero attached hydrogens (tertiary/aromatic N) is 1. The van der Waals surface area contributed by atoms with Gasteiger partial charge in [-0.1, -0.05) is 35.6 Å². The first-order valence-corrected chi connectivity index (χ1v) is 7.61. The fourth-order valence-electron chi connectivity index (χ4n) is 2.24. The minimum atomic E-state index is -0.169. The SMILES string of the molecule is C=CCn1c(=O)sc2cc(NC(=O)c3ccccc3)ccc21. The molecule has 4 nitrogen and oxygen atoms in total. The maximum atomic E-state index is 12.1. The molecule has 0 fully saturated rings. The van der Waals surface area contributed by atoms with Crippen molar-refractivity contribution in [2.75, 3.05) is 5.32 Å². The third-order valence-electron chi connectivity index (χ3n) is 3.27. The number of thiazole rings is 1. The maximum Gasteiger partial charge on any atom is 0.308 e. The zero-order valence-corrected chi connectivity index (χ0v) is 12.6. The zero-order chi connectivity index (χ0) is 15.5. The molecule has 1 N–H and O–H groups in total. The molecule has 3 aromatic rings. The first-order chi connectivity index (χ1) is 10.7. The summed E-state index contributed by atoms with van der Waals surface area (Å²) in [6.07, 6.45) is 1.69. The Balaban J connectivity index is 1.91. The van der Waals surface area contributed by atoms with Crippen molar-refractivity contribution in [1.82, 2.24) is 4.57 Å². The largest absolute Gasteiger partial charge is 0.322 e. The van der Waals surface area contributed by atoms with Crippen molar-refractivity contribution in [2.45, 2.75) is 6.54 Å². The number of nitrogens with one attached hydrogen (secondary N) is 1. The number of aromatic nitrogens is 1. The van der Waals surface area contributed by atoms with Crippen molar-refractivity contribution in [2.24, 2.45) is 0 Å². The minimum absolute atomic E-state index is 0.0264. The molecule has 2 aromatic carbocycles. The van der Waals surface area contributed by atoms with E-state index in [0.717, 1.165) is 21.6 Å². The average Bonchev–Trinajstić information content (AvgIpc) is 2.84. The lowest BCUT2D eigenvalue weighted by Gasteiger charge is -2.06. The Kier molecular flexibility index (Phi) is 3.89. The highest BCUT2D eigenvalue weighted by Crippen LogP contribution is 2.22. The Hall–Kier alpha value is -2.66. The average molecular weight is 310 g/mol. The minimum Gasteiger partial charge on any atom is -0.322 e. The molecule has 3 rings (SSSR count). The molecule has 5 heteroatoms. The van der Waals surface area contributed by atoms with E-state index in [1.807, 2.05) is 30.3 Å². The van der Waals surface area contributed by atoms with Gasteiger partial charge < -0.3 is 5.32 Å². The first kappa shape index (κ1) is 14.3. The lowest BCUT2D eigenvalue weighted by atomic mass is 10.2. The van der Waals surface area contributed by atoms with Gasteiger partial charge in [-0.25, -0.2) is 0 Å². The first-order valence-electron chi connectivity index (χ1n) is 6.80. The highest BCUT2D eigenvalue weighted by Gasteiger charge is 2.09. The van der Waals surface area contributed by atoms with Gasteiger partial charge >= 0.3 is 4.87 Å². The van der Waals surface area contributed by atoms with Crippen LogP contribution in [-0.2, 0) is 6.54 Å². The molecule has 0 radical (unpaired) electrons. The summed E-state index contributed by atoms with van der Waals surface area (Å²) in [7, 11) is 0. The van der Waals surface area contributed by atoms with E-state index >= 15 is 0 Å². The van der Waals surface area contributed by atoms with Crippen LogP contribution in [0.15, 0.2) is 66.0 Å². The zero-order valence-electron chi connectivity index (χ0n) is 11.8. The molecule has 1 amide bonds. The monoisotopic (exact) mass is 310 g/mol. The van der Waals surface area contributed by atoms with E-state index in [0.29, 0.717) is 17.8 Å². The second-order valence-electron chi connectivity index (χ2n) is 4.77. The van der Waals surface area contributed by atoms with Crippen molar-refractivity contribution in [3.8, 4) is 0 Å². The number of hydrogen-bond donors (Lipinski definition) is 1. The molecule has 0 saturated carbocycles. The van der Waals surface area contributed by atoms with Gasteiger partial charge in [0.1, 0.15) is 0 Å². The molecule has 110 valence electrons. The summed E-state index contributed by atoms with van der Waals surface area (Å²) in [6.45, 7) is 4.14. The second kappa shape index (κ2) is 5.99. The Morgan fingerprint density at radius 3 is 2.73 bits per heavy atom. The number of fused-ring (bicyclic) bond motifs is 1. The van der Waals surface area contributed by atoms with E-state index in [4.69, 9.17) is 0 Å². The van der Waals surface area contributed by atoms with Gasteiger partial charge in [0.15, 0.2) is 0 Å². The predicted octanol–water partition coefficient (Wildman–Crippen LogP) is 3.50. The summed E-state index contributed by atoms with van der Waals surface area (Å²) in [4.78, 5) is 24.0. The van der Waals surface area contributed by atoms with Gasteiger partial charge in [-0.2, -0.15) is 0 Å². The van der Waals surface area contributed by atoms with Gasteiger partial charge in [-0.05, 0) is 30.3 Å². The molecule has 0 spiro atoms. The Bertz CT molecular complexity index is 894. The van der Waals surface area contributed by atoms with Gasteiger partial charge in [-0.3, -0.25) is 14.2 Å². The molecule has 0 aliphatic rings. The molecular weight excluding hydrogens is 296 g/mol. The smallest absolute Gasteiger partial charge is 0.308 e. The second-order valence-corrected chi connectivity index (χ2v) is 5.76. The van der Waals surface area contributed by atoms with Crippen LogP contribution >= 0.6 is 11.3 Å². The molecule has 1 aromatic heterocycles. The van der Waals surface area contributed by atoms with Crippen LogP contribution in [0.25, 0.3) is 10.2 Å². The number of carbonyl (C=O) groups excluding carboxylic acids is 1. The lowest BCUT2D eigenvalue weighted by molar-refractivity contribution is 0.102. The third-order valence-corrected chi connectivity index (χ3v) is 4.22. The molecule has 0 aliphatic carbocycles. The normalized spacial score (nSPS) is 10.5. The summed E-state index contributed by atoms with van der Waals surface area (Å²) < 4.78 is 2.51. The molecule has 0 atom stereocenters. The van der Waals surface area contributed by atoms with Crippen LogP contribution in [0.3, 0.4) is 0 Å². The number of hydrogen-bond acceptors (Lipinski definition) is 3. The predicted molar refractivity (Wildman–Crippen MR) is 90.7 cm³/mol. The molecule has 0 bridgehead atoms. The third kappa shape index (κ3) is 2.71. The van der Waals surface area contributed by atoms with Crippen LogP contribution in [-0.4, -0.2) is 10.5 Å². The molecule has 1 heterocycles. The number of benzene rings is 2. The fraction of sp³-hybridized carbons (Fsp3) is 0.0588. The van der Waals surface area contributed by atoms with Gasteiger partial charge in [0.2, 0.25) is 0 Å². The number of rotatable bonds is 4. The summed E-state index contributed by atoms with van der Waals surface area (Å²) in [5.41, 5.74) is 2.13. The van der Waals surface area contributed by atoms with Crippen LogP contribution in [0.5, 0.6) is 0 Å². The number of allylic oxidation sites excluding steroid dienone is 1. The summed E-state index contributed by atoms with van der Waals surface area (Å²) in [5, 5.41) is 2.85. The van der Waals surface area contributed by atoms with E-state index in [2.05, 4.69) is 11.9 Å². The Labute approximate surface area is 131 Å². The van der Waals surface area contributed by atoms with Crippen molar-refractivity contribution in [3.63, 3.8) is 0 Å². The van der Waals surface area contributed by atoms with Crippen LogP contribution in [0.4, 0.5) is 5.69 Å². The molecular formula is C17H14N2O2S. The molecule has 0 saturated heterocycles. The molecule has 0 aliphatic heterocycles. The van der Waals surface area contributed by atoms with E-state index in [9.17, 15) is 9.59 Å². The summed E-state index contributed by atoms with van der Waals surface area (Å²) in [6, 6.07) is 14.5. The van der Waals surface area contributed by atoms with Gasteiger partial charge in [0.25, 0.3) is 5.91 Å². The molecule has 22 heavy (non-hydrogen) atoms. The van der Waals surface area contributed by atoms with Crippen LogP contribution in [0, 0.1) is 0 Å². The topological polar surface area (TPSA) is 51.1 Å². The number of anilines is 1. The lowest BCUT2D eigenvalue weighted by Crippen LogP contribution is -2.12. The van der Waals surface area contributed by atoms with E-state index in [1.165, 1.54) is 0 Å². The number of amides is 1. The van der Waals surface area contributed by atoms with Crippen molar-refractivity contribution >= 4 is 33.1 Å². The summed E-state index contributed by atoms with van der Waals surface area (Å²) >= 11 is 1.16. The Morgan fingerprint density at radius 2 is 2.00 bits per heavy atom. The standard InChI is InChI=1S/C17H14N2O2S/c1-2-10-19-14-9-8-13(11-15(14)22-17(19)21)18-16(20)12-6-4-3-5-7-12/h2-9,11H,1,10H2,(H,18,20). The molecule has 0 unspecified atom stereocenters. The van der Waals surface area contributed by atoms with Gasteiger partial charge in [-0.15, -0.1) is 6.58 Å². The van der Waals surface area contributed by atoms with E-state index in [1.54, 1.807) is 28.8 Å². The summed E-state index contributed by atoms with van der Waals surface area (Å²) in [5.74, 6) is -0.169. The number of carbonyl (C=O) groups is 1. The maximum absolute atomic E-state index is 12.1. The van der Waals surface area contributed by atoms with E-state index in [-0.39, 0.29) is 10.8 Å². The fourth-order valence-corrected chi connectivity index (χ4v) is 3.18. The van der Waals surface area contributed by atoms with Crippen molar-refractivity contribution < 1.29 is 4.79 Å². The highest BCUT2D eigenvalue weighted by molar-refractivity contribution is 7.16.